The molecule has 1 saturated carbocycles. The molecule has 1 aliphatic heterocycles. The molecule has 4 nitrogen and oxygen atoms in total. The van der Waals surface area contributed by atoms with Crippen molar-refractivity contribution in [2.75, 3.05) is 7.11 Å². The molecule has 134 valence electrons. The average molecular weight is 348 g/mol. The van der Waals surface area contributed by atoms with Crippen LogP contribution in [0.1, 0.15) is 43.7 Å². The summed E-state index contributed by atoms with van der Waals surface area (Å²) in [5.74, 6) is 1.59. The lowest BCUT2D eigenvalue weighted by atomic mass is 9.64. The Labute approximate surface area is 154 Å². The molecule has 0 amide bonds. The molecule has 0 bridgehead atoms. The Bertz CT molecular complexity index is 849. The second-order valence-corrected chi connectivity index (χ2v) is 7.05. The minimum absolute atomic E-state index is 0.282. The zero-order valence-electron chi connectivity index (χ0n) is 15.3. The van der Waals surface area contributed by atoms with Gasteiger partial charge in [0, 0.05) is 5.56 Å². The first-order valence-corrected chi connectivity index (χ1v) is 9.29. The highest BCUT2D eigenvalue weighted by Gasteiger charge is 2.49. The number of hydrogen-bond donors (Lipinski definition) is 1. The van der Waals surface area contributed by atoms with Crippen molar-refractivity contribution in [3.63, 3.8) is 0 Å². The fourth-order valence-corrected chi connectivity index (χ4v) is 4.19. The molecule has 4 rings (SSSR count). The lowest BCUT2D eigenvalue weighted by Crippen LogP contribution is -2.38. The zero-order chi connectivity index (χ0) is 18.1. The van der Waals surface area contributed by atoms with Crippen LogP contribution in [0.2, 0.25) is 0 Å². The predicted molar refractivity (Wildman–Crippen MR) is 102 cm³/mol. The quantitative estimate of drug-likeness (QED) is 0.755. The number of phenols is 1. The third-order valence-corrected chi connectivity index (χ3v) is 5.77. The number of aromatic hydroxyl groups is 1. The van der Waals surface area contributed by atoms with Crippen LogP contribution >= 0.6 is 0 Å². The van der Waals surface area contributed by atoms with Crippen LogP contribution in [-0.4, -0.2) is 12.2 Å². The van der Waals surface area contributed by atoms with Gasteiger partial charge >= 0.3 is 0 Å². The summed E-state index contributed by atoms with van der Waals surface area (Å²) in [5.41, 5.74) is 4.07. The van der Waals surface area contributed by atoms with Crippen LogP contribution in [0.25, 0.3) is 5.70 Å². The lowest BCUT2D eigenvalue weighted by molar-refractivity contribution is 0.195. The molecule has 1 heterocycles. The van der Waals surface area contributed by atoms with Gasteiger partial charge in [0.1, 0.15) is 17.0 Å². The molecule has 0 saturated heterocycles. The number of hydrogen-bond acceptors (Lipinski definition) is 4. The molecule has 2 aromatic rings. The summed E-state index contributed by atoms with van der Waals surface area (Å²) in [6, 6.07) is 15.5. The van der Waals surface area contributed by atoms with Crippen LogP contribution in [0, 0.1) is 5.92 Å². The Kier molecular flexibility index (Phi) is 4.27. The number of rotatable bonds is 5. The molecular formula is C22H24N2O2. The van der Waals surface area contributed by atoms with Gasteiger partial charge in [-0.15, -0.1) is 0 Å². The molecule has 1 unspecified atom stereocenters. The molecule has 0 spiro atoms. The molecular weight excluding hydrogens is 324 g/mol. The van der Waals surface area contributed by atoms with Crippen LogP contribution in [0.3, 0.4) is 0 Å². The highest BCUT2D eigenvalue weighted by atomic mass is 16.5. The Hall–Kier alpha value is -2.62. The average Bonchev–Trinajstić information content (AvgIpc) is 3.00. The highest BCUT2D eigenvalue weighted by molar-refractivity contribution is 5.72. The normalized spacial score (nSPS) is 22.5. The van der Waals surface area contributed by atoms with E-state index in [1.807, 2.05) is 24.3 Å². The SMILES string of the molecule is CCC1=C(c2ccc(OC)cc2)N=NC1(c1ccc(O)cc1)C1CCC1. The van der Waals surface area contributed by atoms with Crippen LogP contribution in [-0.2, 0) is 5.54 Å². The van der Waals surface area contributed by atoms with Crippen LogP contribution in [0.4, 0.5) is 0 Å². The number of ether oxygens (including phenoxy) is 1. The van der Waals surface area contributed by atoms with E-state index >= 15 is 0 Å². The van der Waals surface area contributed by atoms with Crippen LogP contribution in [0.15, 0.2) is 64.3 Å². The van der Waals surface area contributed by atoms with E-state index in [-0.39, 0.29) is 5.75 Å². The molecule has 26 heavy (non-hydrogen) atoms. The van der Waals surface area contributed by atoms with E-state index in [1.54, 1.807) is 19.2 Å². The fourth-order valence-electron chi connectivity index (χ4n) is 4.19. The second kappa shape index (κ2) is 6.60. The maximum atomic E-state index is 9.72. The maximum Gasteiger partial charge on any atom is 0.133 e. The van der Waals surface area contributed by atoms with Gasteiger partial charge in [-0.3, -0.25) is 0 Å². The van der Waals surface area contributed by atoms with Crippen molar-refractivity contribution in [3.05, 3.63) is 65.2 Å². The number of nitrogens with zero attached hydrogens (tertiary/aromatic N) is 2. The summed E-state index contributed by atoms with van der Waals surface area (Å²) < 4.78 is 5.28. The van der Waals surface area contributed by atoms with Gasteiger partial charge in [-0.2, -0.15) is 10.2 Å². The van der Waals surface area contributed by atoms with E-state index in [2.05, 4.69) is 24.2 Å². The molecule has 4 heteroatoms. The van der Waals surface area contributed by atoms with Gasteiger partial charge in [-0.05, 0) is 72.7 Å². The smallest absolute Gasteiger partial charge is 0.133 e. The van der Waals surface area contributed by atoms with Crippen molar-refractivity contribution in [2.45, 2.75) is 38.1 Å². The Balaban J connectivity index is 1.85. The summed E-state index contributed by atoms with van der Waals surface area (Å²) in [6.07, 6.45) is 4.47. The largest absolute Gasteiger partial charge is 0.508 e. The van der Waals surface area contributed by atoms with Gasteiger partial charge in [0.05, 0.1) is 12.8 Å². The maximum absolute atomic E-state index is 9.72. The van der Waals surface area contributed by atoms with Crippen LogP contribution in [0.5, 0.6) is 11.5 Å². The standard InChI is InChI=1S/C22H24N2O2/c1-3-20-21(15-7-13-19(26-2)14-8-15)23-24-22(20,16-5-4-6-16)17-9-11-18(25)12-10-17/h7-14,16,25H,3-6H2,1-2H3. The van der Waals surface area contributed by atoms with E-state index in [9.17, 15) is 5.11 Å². The summed E-state index contributed by atoms with van der Waals surface area (Å²) >= 11 is 0. The van der Waals surface area contributed by atoms with Crippen molar-refractivity contribution < 1.29 is 9.84 Å². The van der Waals surface area contributed by atoms with Crippen molar-refractivity contribution in [1.82, 2.24) is 0 Å². The van der Waals surface area contributed by atoms with Gasteiger partial charge in [-0.25, -0.2) is 0 Å². The van der Waals surface area contributed by atoms with Gasteiger partial charge in [0.2, 0.25) is 0 Å². The molecule has 1 aliphatic carbocycles. The lowest BCUT2D eigenvalue weighted by Gasteiger charge is -2.42. The predicted octanol–water partition coefficient (Wildman–Crippen LogP) is 5.68. The number of methoxy groups -OCH3 is 1. The molecule has 2 aliphatic rings. The van der Waals surface area contributed by atoms with Gasteiger partial charge in [0.25, 0.3) is 0 Å². The highest BCUT2D eigenvalue weighted by Crippen LogP contribution is 2.56. The van der Waals surface area contributed by atoms with Crippen molar-refractivity contribution in [2.24, 2.45) is 16.1 Å². The van der Waals surface area contributed by atoms with Gasteiger partial charge in [-0.1, -0.05) is 25.5 Å². The molecule has 1 fully saturated rings. The number of benzene rings is 2. The summed E-state index contributed by atoms with van der Waals surface area (Å²) in [4.78, 5) is 0. The molecule has 0 aromatic heterocycles. The minimum Gasteiger partial charge on any atom is -0.508 e. The minimum atomic E-state index is -0.393. The fraction of sp³-hybridized carbons (Fsp3) is 0.364. The first-order valence-electron chi connectivity index (χ1n) is 9.29. The molecule has 1 atom stereocenters. The Morgan fingerprint density at radius 1 is 1.08 bits per heavy atom. The second-order valence-electron chi connectivity index (χ2n) is 7.05. The summed E-state index contributed by atoms with van der Waals surface area (Å²) in [6.45, 7) is 2.18. The van der Waals surface area contributed by atoms with E-state index in [1.165, 1.54) is 24.8 Å². The van der Waals surface area contributed by atoms with E-state index in [4.69, 9.17) is 9.85 Å². The first kappa shape index (κ1) is 16.8. The van der Waals surface area contributed by atoms with Crippen molar-refractivity contribution in [3.8, 4) is 11.5 Å². The van der Waals surface area contributed by atoms with Crippen LogP contribution < -0.4 is 4.74 Å². The third-order valence-electron chi connectivity index (χ3n) is 5.77. The van der Waals surface area contributed by atoms with Gasteiger partial charge in [0.15, 0.2) is 0 Å². The molecule has 1 N–H and O–H groups in total. The topological polar surface area (TPSA) is 54.2 Å². The van der Waals surface area contributed by atoms with E-state index < -0.39 is 5.54 Å². The van der Waals surface area contributed by atoms with E-state index in [0.29, 0.717) is 5.92 Å². The summed E-state index contributed by atoms with van der Waals surface area (Å²) in [7, 11) is 1.67. The number of azo groups is 1. The monoisotopic (exact) mass is 348 g/mol. The van der Waals surface area contributed by atoms with Gasteiger partial charge < -0.3 is 9.84 Å². The Morgan fingerprint density at radius 2 is 1.77 bits per heavy atom. The summed E-state index contributed by atoms with van der Waals surface area (Å²) in [5, 5.41) is 19.3. The first-order chi connectivity index (χ1) is 12.7. The van der Waals surface area contributed by atoms with Crippen molar-refractivity contribution in [1.29, 1.82) is 0 Å². The third kappa shape index (κ3) is 2.52. The van der Waals surface area contributed by atoms with E-state index in [0.717, 1.165) is 29.0 Å². The Morgan fingerprint density at radius 3 is 2.31 bits per heavy atom. The van der Waals surface area contributed by atoms with Crippen molar-refractivity contribution >= 4 is 5.70 Å². The molecule has 0 radical (unpaired) electrons. The molecule has 2 aromatic carbocycles. The zero-order valence-corrected chi connectivity index (χ0v) is 15.3. The number of phenolic OH excluding ortho intramolecular Hbond substituents is 1.